The second kappa shape index (κ2) is 8.08. The summed E-state index contributed by atoms with van der Waals surface area (Å²) in [5.74, 6) is 1.81. The van der Waals surface area contributed by atoms with Crippen molar-refractivity contribution in [2.24, 2.45) is 4.99 Å². The fourth-order valence-electron chi connectivity index (χ4n) is 3.27. The molecule has 0 aliphatic carbocycles. The summed E-state index contributed by atoms with van der Waals surface area (Å²) < 4.78 is 11.2. The number of hydrogen-bond acceptors (Lipinski definition) is 3. The minimum Gasteiger partial charge on any atom is -0.496 e. The van der Waals surface area contributed by atoms with Crippen LogP contribution in [0.5, 0.6) is 5.75 Å². The molecule has 0 aromatic heterocycles. The number of halogens is 1. The third kappa shape index (κ3) is 4.14. The largest absolute Gasteiger partial charge is 0.496 e. The molecule has 0 N–H and O–H groups in total. The van der Waals surface area contributed by atoms with Gasteiger partial charge in [0.15, 0.2) is 5.96 Å². The molecule has 0 bridgehead atoms. The van der Waals surface area contributed by atoms with E-state index in [4.69, 9.17) is 26.1 Å². The van der Waals surface area contributed by atoms with E-state index in [1.807, 2.05) is 56.2 Å². The molecule has 0 amide bonds. The van der Waals surface area contributed by atoms with E-state index in [2.05, 4.69) is 0 Å². The van der Waals surface area contributed by atoms with Crippen LogP contribution in [0, 0.1) is 0 Å². The highest BCUT2D eigenvalue weighted by atomic mass is 35.5. The lowest BCUT2D eigenvalue weighted by Gasteiger charge is -2.38. The van der Waals surface area contributed by atoms with Crippen LogP contribution in [-0.2, 0) is 10.2 Å². The van der Waals surface area contributed by atoms with Gasteiger partial charge in [-0.2, -0.15) is 0 Å². The van der Waals surface area contributed by atoms with Gasteiger partial charge in [-0.1, -0.05) is 11.6 Å². The minimum absolute atomic E-state index is 0.119. The van der Waals surface area contributed by atoms with E-state index < -0.39 is 0 Å². The summed E-state index contributed by atoms with van der Waals surface area (Å²) in [5, 5.41) is 0.723. The normalized spacial score (nSPS) is 16.4. The zero-order chi connectivity index (χ0) is 17.7. The molecule has 0 spiro atoms. The molecule has 2 rings (SSSR count). The summed E-state index contributed by atoms with van der Waals surface area (Å²) >= 11 is 6.28. The van der Waals surface area contributed by atoms with Crippen LogP contribution >= 0.6 is 11.6 Å². The zero-order valence-corrected chi connectivity index (χ0v) is 16.1. The predicted octanol–water partition coefficient (Wildman–Crippen LogP) is 2.88. The number of guanidine groups is 1. The van der Waals surface area contributed by atoms with Crippen molar-refractivity contribution in [2.45, 2.75) is 18.3 Å². The average Bonchev–Trinajstić information content (AvgIpc) is 2.55. The molecular formula is C18H28ClN3O2. The van der Waals surface area contributed by atoms with E-state index in [-0.39, 0.29) is 5.41 Å². The first-order valence-corrected chi connectivity index (χ1v) is 8.58. The Morgan fingerprint density at radius 1 is 1.21 bits per heavy atom. The monoisotopic (exact) mass is 353 g/mol. The minimum atomic E-state index is -0.119. The first kappa shape index (κ1) is 18.9. The van der Waals surface area contributed by atoms with E-state index in [0.717, 1.165) is 48.4 Å². The van der Waals surface area contributed by atoms with Crippen molar-refractivity contribution in [3.05, 3.63) is 28.8 Å². The Labute approximate surface area is 150 Å². The Balaban J connectivity index is 2.44. The topological polar surface area (TPSA) is 37.3 Å². The SMILES string of the molecule is COc1ccc(Cl)cc1C1(CN=C(N(C)C)N(C)C)CCOCC1. The number of rotatable bonds is 4. The third-order valence-electron chi connectivity index (χ3n) is 4.51. The average molecular weight is 354 g/mol. The first-order chi connectivity index (χ1) is 11.4. The maximum absolute atomic E-state index is 6.28. The number of methoxy groups -OCH3 is 1. The maximum atomic E-state index is 6.28. The number of hydrogen-bond donors (Lipinski definition) is 0. The highest BCUT2D eigenvalue weighted by Crippen LogP contribution is 2.41. The number of aliphatic imine (C=N–C) groups is 1. The Bertz CT molecular complexity index is 572. The van der Waals surface area contributed by atoms with Gasteiger partial charge in [-0.15, -0.1) is 0 Å². The third-order valence-corrected chi connectivity index (χ3v) is 4.74. The molecule has 1 aromatic rings. The molecule has 134 valence electrons. The fraction of sp³-hybridized carbons (Fsp3) is 0.611. The van der Waals surface area contributed by atoms with Crippen LogP contribution in [0.2, 0.25) is 5.02 Å². The van der Waals surface area contributed by atoms with Gasteiger partial charge in [-0.3, -0.25) is 4.99 Å². The van der Waals surface area contributed by atoms with Crippen molar-refractivity contribution >= 4 is 17.6 Å². The summed E-state index contributed by atoms with van der Waals surface area (Å²) in [4.78, 5) is 8.97. The Kier molecular flexibility index (Phi) is 6.35. The Morgan fingerprint density at radius 3 is 2.38 bits per heavy atom. The highest BCUT2D eigenvalue weighted by molar-refractivity contribution is 6.30. The van der Waals surface area contributed by atoms with Gasteiger partial charge in [0.1, 0.15) is 5.75 Å². The second-order valence-corrected chi connectivity index (χ2v) is 7.08. The zero-order valence-electron chi connectivity index (χ0n) is 15.3. The summed E-state index contributed by atoms with van der Waals surface area (Å²) in [6, 6.07) is 5.83. The molecule has 6 heteroatoms. The predicted molar refractivity (Wildman–Crippen MR) is 99.4 cm³/mol. The van der Waals surface area contributed by atoms with Crippen molar-refractivity contribution in [1.82, 2.24) is 9.80 Å². The maximum Gasteiger partial charge on any atom is 0.195 e. The van der Waals surface area contributed by atoms with Crippen molar-refractivity contribution in [1.29, 1.82) is 0 Å². The van der Waals surface area contributed by atoms with E-state index in [1.165, 1.54) is 0 Å². The Morgan fingerprint density at radius 2 is 1.83 bits per heavy atom. The van der Waals surface area contributed by atoms with Gasteiger partial charge in [0.05, 0.1) is 13.7 Å². The van der Waals surface area contributed by atoms with E-state index in [1.54, 1.807) is 7.11 Å². The van der Waals surface area contributed by atoms with Gasteiger partial charge >= 0.3 is 0 Å². The molecule has 5 nitrogen and oxygen atoms in total. The number of benzene rings is 1. The standard InChI is InChI=1S/C18H28ClN3O2/c1-21(2)17(22(3)4)20-13-18(8-10-24-11-9-18)15-12-14(19)6-7-16(15)23-5/h6-7,12H,8-11,13H2,1-5H3. The van der Waals surface area contributed by atoms with Crippen LogP contribution in [0.1, 0.15) is 18.4 Å². The molecule has 0 radical (unpaired) electrons. The molecule has 0 saturated carbocycles. The molecular weight excluding hydrogens is 326 g/mol. The summed E-state index contributed by atoms with van der Waals surface area (Å²) in [5.41, 5.74) is 1.01. The van der Waals surface area contributed by atoms with Crippen LogP contribution in [-0.4, -0.2) is 70.8 Å². The molecule has 1 aliphatic rings. The van der Waals surface area contributed by atoms with Crippen molar-refractivity contribution < 1.29 is 9.47 Å². The lowest BCUT2D eigenvalue weighted by atomic mass is 9.73. The van der Waals surface area contributed by atoms with Crippen LogP contribution < -0.4 is 4.74 Å². The number of ether oxygens (including phenoxy) is 2. The molecule has 1 aliphatic heterocycles. The molecule has 0 unspecified atom stereocenters. The molecule has 1 fully saturated rings. The van der Waals surface area contributed by atoms with Crippen LogP contribution in [0.3, 0.4) is 0 Å². The first-order valence-electron chi connectivity index (χ1n) is 8.20. The lowest BCUT2D eigenvalue weighted by Crippen LogP contribution is -2.40. The Hall–Kier alpha value is -1.46. The van der Waals surface area contributed by atoms with Gasteiger partial charge in [0, 0.05) is 57.4 Å². The quantitative estimate of drug-likeness (QED) is 0.616. The molecule has 1 aromatic carbocycles. The van der Waals surface area contributed by atoms with Crippen molar-refractivity contribution in [2.75, 3.05) is 55.1 Å². The summed E-state index contributed by atoms with van der Waals surface area (Å²) in [6.07, 6.45) is 1.81. The van der Waals surface area contributed by atoms with Gasteiger partial charge in [0.2, 0.25) is 0 Å². The van der Waals surface area contributed by atoms with Gasteiger partial charge < -0.3 is 19.3 Å². The van der Waals surface area contributed by atoms with Crippen molar-refractivity contribution in [3.8, 4) is 5.75 Å². The molecule has 1 saturated heterocycles. The van der Waals surface area contributed by atoms with Gasteiger partial charge in [-0.05, 0) is 31.0 Å². The van der Waals surface area contributed by atoms with Gasteiger partial charge in [-0.25, -0.2) is 0 Å². The summed E-state index contributed by atoms with van der Waals surface area (Å²) in [6.45, 7) is 2.13. The van der Waals surface area contributed by atoms with Crippen molar-refractivity contribution in [3.63, 3.8) is 0 Å². The van der Waals surface area contributed by atoms with Crippen LogP contribution in [0.4, 0.5) is 0 Å². The van der Waals surface area contributed by atoms with E-state index in [0.29, 0.717) is 6.54 Å². The van der Waals surface area contributed by atoms with E-state index >= 15 is 0 Å². The van der Waals surface area contributed by atoms with Crippen LogP contribution in [0.25, 0.3) is 0 Å². The van der Waals surface area contributed by atoms with E-state index in [9.17, 15) is 0 Å². The smallest absolute Gasteiger partial charge is 0.195 e. The lowest BCUT2D eigenvalue weighted by molar-refractivity contribution is 0.0521. The van der Waals surface area contributed by atoms with Gasteiger partial charge in [0.25, 0.3) is 0 Å². The second-order valence-electron chi connectivity index (χ2n) is 6.64. The molecule has 24 heavy (non-hydrogen) atoms. The fourth-order valence-corrected chi connectivity index (χ4v) is 3.45. The number of nitrogens with zero attached hydrogens (tertiary/aromatic N) is 3. The molecule has 0 atom stereocenters. The highest BCUT2D eigenvalue weighted by Gasteiger charge is 2.37. The summed E-state index contributed by atoms with van der Waals surface area (Å²) in [7, 11) is 9.74. The van der Waals surface area contributed by atoms with Crippen LogP contribution in [0.15, 0.2) is 23.2 Å². The molecule has 1 heterocycles.